The van der Waals surface area contributed by atoms with Crippen molar-refractivity contribution in [1.82, 2.24) is 0 Å². The van der Waals surface area contributed by atoms with Gasteiger partial charge in [-0.2, -0.15) is 0 Å². The second kappa shape index (κ2) is 20.3. The lowest BCUT2D eigenvalue weighted by atomic mass is 9.77. The van der Waals surface area contributed by atoms with Gasteiger partial charge < -0.3 is 24.9 Å². The van der Waals surface area contributed by atoms with Crippen molar-refractivity contribution in [1.29, 1.82) is 0 Å². The first-order valence-electron chi connectivity index (χ1n) is 18.6. The SMILES string of the molecule is C/C=N/O.COc1ccc([C@@H]2C(C)=C(C)[C@H](C)[C@H]2C(C)=O)c(C[C@H](C)C(=O)O)c1.COc1ccc([C@@H]2C(C)=C(C)[C@H](C)[C@H]2C(C)=O)c(C[C@H](C)CO)c1. The van der Waals surface area contributed by atoms with Crippen LogP contribution in [0.3, 0.4) is 0 Å². The number of carbonyl (C=O) groups excluding carboxylic acids is 2. The van der Waals surface area contributed by atoms with E-state index < -0.39 is 11.9 Å². The number of ether oxygens (including phenoxy) is 2. The van der Waals surface area contributed by atoms with E-state index in [4.69, 9.17) is 14.7 Å². The zero-order valence-corrected chi connectivity index (χ0v) is 34.1. The van der Waals surface area contributed by atoms with Crippen LogP contribution in [0.15, 0.2) is 63.8 Å². The number of aliphatic hydroxyl groups is 1. The van der Waals surface area contributed by atoms with Crippen molar-refractivity contribution in [2.75, 3.05) is 20.8 Å². The van der Waals surface area contributed by atoms with Crippen molar-refractivity contribution in [3.63, 3.8) is 0 Å². The highest BCUT2D eigenvalue weighted by atomic mass is 16.5. The fourth-order valence-electron chi connectivity index (χ4n) is 8.13. The highest BCUT2D eigenvalue weighted by Gasteiger charge is 2.42. The first-order valence-corrected chi connectivity index (χ1v) is 18.6. The van der Waals surface area contributed by atoms with Crippen LogP contribution in [-0.4, -0.2) is 60.0 Å². The molecule has 8 atom stereocenters. The Morgan fingerprint density at radius 3 is 1.43 bits per heavy atom. The third-order valence-corrected chi connectivity index (χ3v) is 11.6. The molecule has 2 aliphatic carbocycles. The molecule has 0 spiro atoms. The number of oxime groups is 1. The standard InChI is InChI=1S/C21H28O4.C21H30O3.C2H5NO/c1-11(21(23)24)9-16-10-17(25-6)7-8-18(16)20-14(4)12(2)13(3)19(20)15(5)22;1-12(11-22)9-17-10-18(24-6)7-8-19(17)21-15(4)13(2)14(3)20(21)16(5)23;1-2-3-4/h7-8,10-11,13,19-20H,9H2,1-6H3,(H,23,24);7-8,10,12,14,20-22H,9,11H2,1-6H3;2,4H,1H3/b;;3-2+/t11-,13-,19-,20-;12-,14-,20-,21-;/m00./s1. The minimum Gasteiger partial charge on any atom is -0.497 e. The number of allylic oxidation sites excluding steroid dienone is 4. The summed E-state index contributed by atoms with van der Waals surface area (Å²) >= 11 is 0. The Labute approximate surface area is 317 Å². The number of nitrogens with zero attached hydrogens (tertiary/aromatic N) is 1. The van der Waals surface area contributed by atoms with E-state index in [9.17, 15) is 24.6 Å². The van der Waals surface area contributed by atoms with Crippen LogP contribution in [0.5, 0.6) is 11.5 Å². The number of hydrogen-bond acceptors (Lipinski definition) is 8. The number of aliphatic hydroxyl groups excluding tert-OH is 1. The van der Waals surface area contributed by atoms with Crippen LogP contribution in [-0.2, 0) is 27.2 Å². The second-order valence-electron chi connectivity index (χ2n) is 15.0. The van der Waals surface area contributed by atoms with Crippen LogP contribution in [0.1, 0.15) is 110 Å². The van der Waals surface area contributed by atoms with Crippen molar-refractivity contribution in [3.05, 3.63) is 80.9 Å². The van der Waals surface area contributed by atoms with Gasteiger partial charge in [0.1, 0.15) is 23.1 Å². The van der Waals surface area contributed by atoms with Crippen molar-refractivity contribution < 1.29 is 39.3 Å². The quantitative estimate of drug-likeness (QED) is 0.0850. The van der Waals surface area contributed by atoms with Gasteiger partial charge in [0.25, 0.3) is 0 Å². The maximum absolute atomic E-state index is 12.4. The molecule has 0 unspecified atom stereocenters. The normalized spacial score (nSPS) is 23.5. The molecule has 3 N–H and O–H groups in total. The van der Waals surface area contributed by atoms with Crippen LogP contribution in [0.25, 0.3) is 0 Å². The summed E-state index contributed by atoms with van der Waals surface area (Å²) in [6.45, 7) is 21.7. The molecule has 0 saturated carbocycles. The lowest BCUT2D eigenvalue weighted by molar-refractivity contribution is -0.141. The number of carbonyl (C=O) groups is 3. The number of carboxylic acids is 1. The van der Waals surface area contributed by atoms with E-state index in [-0.39, 0.29) is 59.6 Å². The number of carboxylic acid groups (broad SMARTS) is 1. The van der Waals surface area contributed by atoms with E-state index in [2.05, 4.69) is 58.8 Å². The maximum Gasteiger partial charge on any atom is 0.306 e. The average molecular weight is 734 g/mol. The Morgan fingerprint density at radius 2 is 1.13 bits per heavy atom. The summed E-state index contributed by atoms with van der Waals surface area (Å²) in [5.41, 5.74) is 9.51. The van der Waals surface area contributed by atoms with E-state index in [1.165, 1.54) is 39.6 Å². The molecule has 0 amide bonds. The van der Waals surface area contributed by atoms with E-state index >= 15 is 0 Å². The van der Waals surface area contributed by atoms with Gasteiger partial charge in [-0.3, -0.25) is 14.4 Å². The Bertz CT molecular complexity index is 1680. The molecule has 9 heteroatoms. The Kier molecular flexibility index (Phi) is 17.2. The lowest BCUT2D eigenvalue weighted by Crippen LogP contribution is -2.24. The van der Waals surface area contributed by atoms with Gasteiger partial charge >= 0.3 is 5.97 Å². The topological polar surface area (TPSA) is 143 Å². The highest BCUT2D eigenvalue weighted by molar-refractivity contribution is 5.83. The first kappa shape index (κ1) is 44.9. The minimum absolute atomic E-state index is 0.00146. The van der Waals surface area contributed by atoms with Gasteiger partial charge in [-0.05, 0) is 126 Å². The number of ketones is 2. The molecule has 0 saturated heterocycles. The van der Waals surface area contributed by atoms with Gasteiger partial charge in [-0.15, -0.1) is 5.16 Å². The lowest BCUT2D eigenvalue weighted by Gasteiger charge is -2.26. The molecule has 2 aliphatic rings. The van der Waals surface area contributed by atoms with Gasteiger partial charge in [0, 0.05) is 36.5 Å². The molecule has 292 valence electrons. The van der Waals surface area contributed by atoms with Crippen molar-refractivity contribution in [3.8, 4) is 11.5 Å². The predicted molar refractivity (Wildman–Crippen MR) is 211 cm³/mol. The molecule has 0 heterocycles. The Morgan fingerprint density at radius 1 is 0.755 bits per heavy atom. The number of rotatable bonds is 12. The predicted octanol–water partition coefficient (Wildman–Crippen LogP) is 8.84. The smallest absolute Gasteiger partial charge is 0.306 e. The minimum atomic E-state index is -0.819. The molecule has 4 rings (SSSR count). The largest absolute Gasteiger partial charge is 0.497 e. The third kappa shape index (κ3) is 10.7. The second-order valence-corrected chi connectivity index (χ2v) is 15.0. The zero-order valence-electron chi connectivity index (χ0n) is 34.1. The molecule has 2 aromatic rings. The van der Waals surface area contributed by atoms with E-state index in [1.54, 1.807) is 41.9 Å². The molecular formula is C44H63NO8. The van der Waals surface area contributed by atoms with Gasteiger partial charge in [-0.1, -0.05) is 62.1 Å². The van der Waals surface area contributed by atoms with E-state index in [1.807, 2.05) is 31.2 Å². The Balaban J connectivity index is 0.000000333. The van der Waals surface area contributed by atoms with Crippen molar-refractivity contribution in [2.24, 2.45) is 40.7 Å². The summed E-state index contributed by atoms with van der Waals surface area (Å²) in [5.74, 6) is 1.35. The van der Waals surface area contributed by atoms with Crippen molar-refractivity contribution >= 4 is 23.8 Å². The summed E-state index contributed by atoms with van der Waals surface area (Å²) in [5, 5.41) is 28.8. The fraction of sp³-hybridized carbons (Fsp3) is 0.545. The summed E-state index contributed by atoms with van der Waals surface area (Å²) in [4.78, 5) is 36.0. The van der Waals surface area contributed by atoms with Gasteiger partial charge in [-0.25, -0.2) is 0 Å². The molecule has 0 fully saturated rings. The maximum atomic E-state index is 12.4. The molecule has 0 aromatic heterocycles. The monoisotopic (exact) mass is 733 g/mol. The number of benzene rings is 2. The zero-order chi connectivity index (χ0) is 40.3. The Hall–Kier alpha value is -4.24. The third-order valence-electron chi connectivity index (χ3n) is 11.6. The van der Waals surface area contributed by atoms with Crippen LogP contribution in [0, 0.1) is 35.5 Å². The van der Waals surface area contributed by atoms with Crippen LogP contribution in [0.2, 0.25) is 0 Å². The van der Waals surface area contributed by atoms with Crippen molar-refractivity contribution in [2.45, 2.75) is 101 Å². The van der Waals surface area contributed by atoms with Crippen LogP contribution >= 0.6 is 0 Å². The van der Waals surface area contributed by atoms with Crippen LogP contribution < -0.4 is 9.47 Å². The molecule has 0 radical (unpaired) electrons. The number of aliphatic carboxylic acids is 1. The molecule has 9 nitrogen and oxygen atoms in total. The number of methoxy groups -OCH3 is 2. The average Bonchev–Trinajstić information content (AvgIpc) is 3.50. The van der Waals surface area contributed by atoms with Gasteiger partial charge in [0.2, 0.25) is 0 Å². The summed E-state index contributed by atoms with van der Waals surface area (Å²) in [6.07, 6.45) is 2.51. The first-order chi connectivity index (χ1) is 24.9. The highest BCUT2D eigenvalue weighted by Crippen LogP contribution is 2.50. The fourth-order valence-corrected chi connectivity index (χ4v) is 8.13. The summed E-state index contributed by atoms with van der Waals surface area (Å²) in [6, 6.07) is 12.0. The molecular weight excluding hydrogens is 670 g/mol. The summed E-state index contributed by atoms with van der Waals surface area (Å²) < 4.78 is 10.7. The molecule has 53 heavy (non-hydrogen) atoms. The molecule has 0 bridgehead atoms. The van der Waals surface area contributed by atoms with Gasteiger partial charge in [0.05, 0.1) is 20.1 Å². The van der Waals surface area contributed by atoms with E-state index in [0.717, 1.165) is 23.3 Å². The number of Topliss-reactive ketones (excluding diaryl/α,β-unsaturated/α-hetero) is 2. The van der Waals surface area contributed by atoms with Gasteiger partial charge in [0.15, 0.2) is 0 Å². The molecule has 2 aromatic carbocycles. The number of hydrogen-bond donors (Lipinski definition) is 3. The molecule has 0 aliphatic heterocycles. The van der Waals surface area contributed by atoms with E-state index in [0.29, 0.717) is 12.2 Å². The summed E-state index contributed by atoms with van der Waals surface area (Å²) in [7, 11) is 3.27. The van der Waals surface area contributed by atoms with Crippen LogP contribution in [0.4, 0.5) is 0 Å².